The first-order chi connectivity index (χ1) is 6.92. The molecular weight excluding hydrogens is 273 g/mol. The van der Waals surface area contributed by atoms with Gasteiger partial charge in [0.15, 0.2) is 0 Å². The zero-order valence-corrected chi connectivity index (χ0v) is 9.60. The van der Waals surface area contributed by atoms with E-state index in [1.165, 1.54) is 12.1 Å². The number of benzene rings is 1. The highest BCUT2D eigenvalue weighted by Gasteiger charge is 2.31. The van der Waals surface area contributed by atoms with Crippen molar-refractivity contribution in [3.05, 3.63) is 29.8 Å². The van der Waals surface area contributed by atoms with Crippen molar-refractivity contribution < 1.29 is 17.9 Å². The molecule has 0 aromatic heterocycles. The van der Waals surface area contributed by atoms with Crippen molar-refractivity contribution in [2.75, 3.05) is 0 Å². The summed E-state index contributed by atoms with van der Waals surface area (Å²) in [6, 6.07) is 5.97. The Bertz CT molecular complexity index is 325. The molecule has 84 valence electrons. The second kappa shape index (κ2) is 4.88. The van der Waals surface area contributed by atoms with Crippen LogP contribution < -0.4 is 4.74 Å². The number of hydrogen-bond acceptors (Lipinski definition) is 1. The first-order valence-corrected chi connectivity index (χ1v) is 5.33. The zero-order chi connectivity index (χ0) is 11.5. The standard InChI is InChI=1S/C10H10BrF3O/c1-2-9(11)7-4-3-5-8(6-7)15-10(12,13)14/h3-6,9H,2H2,1H3. The SMILES string of the molecule is CCC(Br)c1cccc(OC(F)(F)F)c1. The lowest BCUT2D eigenvalue weighted by atomic mass is 10.1. The lowest BCUT2D eigenvalue weighted by molar-refractivity contribution is -0.274. The number of hydrogen-bond donors (Lipinski definition) is 0. The van der Waals surface area contributed by atoms with Crippen LogP contribution in [0.2, 0.25) is 0 Å². The van der Waals surface area contributed by atoms with Gasteiger partial charge in [-0.2, -0.15) is 0 Å². The molecule has 5 heteroatoms. The summed E-state index contributed by atoms with van der Waals surface area (Å²) < 4.78 is 39.6. The maximum Gasteiger partial charge on any atom is 0.573 e. The molecule has 0 heterocycles. The molecule has 0 amide bonds. The fourth-order valence-corrected chi connectivity index (χ4v) is 1.43. The van der Waals surface area contributed by atoms with Crippen LogP contribution in [0.1, 0.15) is 23.7 Å². The van der Waals surface area contributed by atoms with Gasteiger partial charge in [0.05, 0.1) is 0 Å². The third kappa shape index (κ3) is 4.11. The van der Waals surface area contributed by atoms with E-state index < -0.39 is 6.36 Å². The van der Waals surface area contributed by atoms with E-state index in [1.54, 1.807) is 12.1 Å². The maximum atomic E-state index is 11.9. The highest BCUT2D eigenvalue weighted by atomic mass is 79.9. The third-order valence-electron chi connectivity index (χ3n) is 1.81. The largest absolute Gasteiger partial charge is 0.573 e. The molecule has 1 rings (SSSR count). The smallest absolute Gasteiger partial charge is 0.406 e. The van der Waals surface area contributed by atoms with Crippen LogP contribution in [0.5, 0.6) is 5.75 Å². The molecular formula is C10H10BrF3O. The fraction of sp³-hybridized carbons (Fsp3) is 0.400. The number of halogens is 4. The lowest BCUT2D eigenvalue weighted by Crippen LogP contribution is -2.17. The molecule has 0 spiro atoms. The molecule has 0 aliphatic carbocycles. The minimum atomic E-state index is -4.63. The van der Waals surface area contributed by atoms with Gasteiger partial charge in [0.1, 0.15) is 5.75 Å². The Morgan fingerprint density at radius 2 is 2.07 bits per heavy atom. The van der Waals surface area contributed by atoms with Gasteiger partial charge in [-0.15, -0.1) is 13.2 Å². The molecule has 0 bridgehead atoms. The summed E-state index contributed by atoms with van der Waals surface area (Å²) in [6.07, 6.45) is -3.83. The van der Waals surface area contributed by atoms with Crippen LogP contribution in [0, 0.1) is 0 Å². The highest BCUT2D eigenvalue weighted by molar-refractivity contribution is 9.09. The van der Waals surface area contributed by atoms with E-state index in [9.17, 15) is 13.2 Å². The first-order valence-electron chi connectivity index (χ1n) is 4.42. The van der Waals surface area contributed by atoms with E-state index in [0.29, 0.717) is 0 Å². The van der Waals surface area contributed by atoms with E-state index in [2.05, 4.69) is 20.7 Å². The summed E-state index contributed by atoms with van der Waals surface area (Å²) in [5.41, 5.74) is 0.777. The van der Waals surface area contributed by atoms with E-state index >= 15 is 0 Å². The first kappa shape index (κ1) is 12.4. The fourth-order valence-electron chi connectivity index (χ4n) is 1.14. The van der Waals surface area contributed by atoms with Gasteiger partial charge in [0.25, 0.3) is 0 Å². The van der Waals surface area contributed by atoms with Crippen LogP contribution >= 0.6 is 15.9 Å². The molecule has 0 aliphatic heterocycles. The van der Waals surface area contributed by atoms with E-state index in [1.807, 2.05) is 6.92 Å². The average molecular weight is 283 g/mol. The monoisotopic (exact) mass is 282 g/mol. The van der Waals surface area contributed by atoms with Gasteiger partial charge in [-0.05, 0) is 24.1 Å². The topological polar surface area (TPSA) is 9.23 Å². The minimum absolute atomic E-state index is 0.0503. The van der Waals surface area contributed by atoms with Crippen molar-refractivity contribution in [2.45, 2.75) is 24.5 Å². The Morgan fingerprint density at radius 1 is 1.40 bits per heavy atom. The van der Waals surface area contributed by atoms with Gasteiger partial charge < -0.3 is 4.74 Å². The van der Waals surface area contributed by atoms with Crippen LogP contribution in [-0.4, -0.2) is 6.36 Å². The van der Waals surface area contributed by atoms with Crippen molar-refractivity contribution >= 4 is 15.9 Å². The Balaban J connectivity index is 2.83. The molecule has 0 saturated carbocycles. The van der Waals surface area contributed by atoms with Crippen molar-refractivity contribution in [3.63, 3.8) is 0 Å². The zero-order valence-electron chi connectivity index (χ0n) is 8.01. The summed E-state index contributed by atoms with van der Waals surface area (Å²) in [4.78, 5) is 0.0503. The van der Waals surface area contributed by atoms with Crippen LogP contribution in [0.3, 0.4) is 0 Å². The van der Waals surface area contributed by atoms with Crippen molar-refractivity contribution in [3.8, 4) is 5.75 Å². The molecule has 1 atom stereocenters. The van der Waals surface area contributed by atoms with Gasteiger partial charge in [0.2, 0.25) is 0 Å². The van der Waals surface area contributed by atoms with Crippen LogP contribution in [-0.2, 0) is 0 Å². The molecule has 1 aromatic rings. The van der Waals surface area contributed by atoms with Crippen LogP contribution in [0.15, 0.2) is 24.3 Å². The quantitative estimate of drug-likeness (QED) is 0.745. The van der Waals surface area contributed by atoms with Crippen LogP contribution in [0.25, 0.3) is 0 Å². The summed E-state index contributed by atoms with van der Waals surface area (Å²) in [6.45, 7) is 1.94. The minimum Gasteiger partial charge on any atom is -0.406 e. The van der Waals surface area contributed by atoms with Gasteiger partial charge in [0, 0.05) is 4.83 Å². The van der Waals surface area contributed by atoms with Crippen molar-refractivity contribution in [2.24, 2.45) is 0 Å². The number of ether oxygens (including phenoxy) is 1. The molecule has 15 heavy (non-hydrogen) atoms. The van der Waals surface area contributed by atoms with E-state index in [0.717, 1.165) is 12.0 Å². The molecule has 1 aromatic carbocycles. The lowest BCUT2D eigenvalue weighted by Gasteiger charge is -2.11. The second-order valence-corrected chi connectivity index (χ2v) is 4.10. The Kier molecular flexibility index (Phi) is 4.02. The molecule has 0 radical (unpaired) electrons. The van der Waals surface area contributed by atoms with E-state index in [4.69, 9.17) is 0 Å². The molecule has 0 N–H and O–H groups in total. The predicted molar refractivity (Wildman–Crippen MR) is 55.1 cm³/mol. The number of rotatable bonds is 3. The average Bonchev–Trinajstić information content (AvgIpc) is 2.14. The van der Waals surface area contributed by atoms with Crippen LogP contribution in [0.4, 0.5) is 13.2 Å². The van der Waals surface area contributed by atoms with Gasteiger partial charge in [-0.3, -0.25) is 0 Å². The van der Waals surface area contributed by atoms with Gasteiger partial charge >= 0.3 is 6.36 Å². The Morgan fingerprint density at radius 3 is 2.60 bits per heavy atom. The summed E-state index contributed by atoms with van der Waals surface area (Å²) in [7, 11) is 0. The molecule has 0 saturated heterocycles. The Hall–Kier alpha value is -0.710. The Labute approximate surface area is 94.4 Å². The normalized spacial score (nSPS) is 13.7. The number of alkyl halides is 4. The van der Waals surface area contributed by atoms with Crippen molar-refractivity contribution in [1.29, 1.82) is 0 Å². The van der Waals surface area contributed by atoms with Gasteiger partial charge in [-0.25, -0.2) is 0 Å². The van der Waals surface area contributed by atoms with Crippen molar-refractivity contribution in [1.82, 2.24) is 0 Å². The second-order valence-electron chi connectivity index (χ2n) is 3.00. The van der Waals surface area contributed by atoms with Gasteiger partial charge in [-0.1, -0.05) is 35.0 Å². The summed E-state index contributed by atoms with van der Waals surface area (Å²) in [5, 5.41) is 0. The molecule has 1 nitrogen and oxygen atoms in total. The summed E-state index contributed by atoms with van der Waals surface area (Å²) in [5.74, 6) is -0.182. The predicted octanol–water partition coefficient (Wildman–Crippen LogP) is 4.43. The molecule has 0 aliphatic rings. The maximum absolute atomic E-state index is 11.9. The summed E-state index contributed by atoms with van der Waals surface area (Å²) >= 11 is 3.36. The molecule has 1 unspecified atom stereocenters. The van der Waals surface area contributed by atoms with E-state index in [-0.39, 0.29) is 10.6 Å². The highest BCUT2D eigenvalue weighted by Crippen LogP contribution is 2.30. The third-order valence-corrected chi connectivity index (χ3v) is 2.99. The molecule has 0 fully saturated rings.